The maximum atomic E-state index is 12.1. The van der Waals surface area contributed by atoms with E-state index in [4.69, 9.17) is 16.3 Å². The SMILES string of the molecule is CCOC(=O)CCCC(=O)N[C@H](CC)Cc1ccc(-c2cccc(Cl)c2)cc1. The Bertz CT molecular complexity index is 774. The van der Waals surface area contributed by atoms with Crippen molar-refractivity contribution < 1.29 is 14.3 Å². The Hall–Kier alpha value is -2.33. The van der Waals surface area contributed by atoms with Crippen LogP contribution >= 0.6 is 11.6 Å². The summed E-state index contributed by atoms with van der Waals surface area (Å²) >= 11 is 6.07. The Morgan fingerprint density at radius 1 is 1.04 bits per heavy atom. The first-order valence-electron chi connectivity index (χ1n) is 9.81. The number of carbonyl (C=O) groups is 2. The van der Waals surface area contributed by atoms with Crippen molar-refractivity contribution in [3.05, 3.63) is 59.1 Å². The zero-order valence-electron chi connectivity index (χ0n) is 16.5. The van der Waals surface area contributed by atoms with Crippen molar-refractivity contribution in [1.29, 1.82) is 0 Å². The number of rotatable bonds is 10. The van der Waals surface area contributed by atoms with E-state index in [0.29, 0.717) is 19.4 Å². The van der Waals surface area contributed by atoms with Gasteiger partial charge in [-0.15, -0.1) is 0 Å². The third-order valence-corrected chi connectivity index (χ3v) is 4.78. The number of halogens is 1. The number of esters is 1. The monoisotopic (exact) mass is 401 g/mol. The minimum atomic E-state index is -0.248. The molecule has 4 nitrogen and oxygen atoms in total. The average Bonchev–Trinajstić information content (AvgIpc) is 2.68. The van der Waals surface area contributed by atoms with E-state index in [9.17, 15) is 9.59 Å². The van der Waals surface area contributed by atoms with E-state index >= 15 is 0 Å². The van der Waals surface area contributed by atoms with Crippen molar-refractivity contribution in [3.8, 4) is 11.1 Å². The highest BCUT2D eigenvalue weighted by Crippen LogP contribution is 2.23. The number of ether oxygens (including phenoxy) is 1. The molecular formula is C23H28ClNO3. The van der Waals surface area contributed by atoms with Crippen LogP contribution in [0.3, 0.4) is 0 Å². The van der Waals surface area contributed by atoms with Crippen molar-refractivity contribution in [1.82, 2.24) is 5.32 Å². The van der Waals surface area contributed by atoms with Gasteiger partial charge in [-0.3, -0.25) is 9.59 Å². The molecule has 0 fully saturated rings. The quantitative estimate of drug-likeness (QED) is 0.558. The highest BCUT2D eigenvalue weighted by Gasteiger charge is 2.12. The van der Waals surface area contributed by atoms with Crippen molar-refractivity contribution in [3.63, 3.8) is 0 Å². The van der Waals surface area contributed by atoms with Crippen LogP contribution in [-0.2, 0) is 20.7 Å². The van der Waals surface area contributed by atoms with E-state index < -0.39 is 0 Å². The van der Waals surface area contributed by atoms with Gasteiger partial charge in [0.1, 0.15) is 0 Å². The zero-order chi connectivity index (χ0) is 20.4. The Morgan fingerprint density at radius 3 is 2.43 bits per heavy atom. The van der Waals surface area contributed by atoms with Gasteiger partial charge in [-0.25, -0.2) is 0 Å². The lowest BCUT2D eigenvalue weighted by Crippen LogP contribution is -2.35. The maximum absolute atomic E-state index is 12.1. The number of amides is 1. The van der Waals surface area contributed by atoms with Gasteiger partial charge in [0.2, 0.25) is 5.91 Å². The molecule has 2 aromatic rings. The molecule has 0 unspecified atom stereocenters. The molecule has 28 heavy (non-hydrogen) atoms. The molecular weight excluding hydrogens is 374 g/mol. The smallest absolute Gasteiger partial charge is 0.305 e. The number of nitrogens with one attached hydrogen (secondary N) is 1. The van der Waals surface area contributed by atoms with Crippen molar-refractivity contribution in [2.24, 2.45) is 0 Å². The Labute approximate surface area is 172 Å². The number of benzene rings is 2. The van der Waals surface area contributed by atoms with E-state index in [1.54, 1.807) is 6.92 Å². The first-order valence-corrected chi connectivity index (χ1v) is 10.2. The summed E-state index contributed by atoms with van der Waals surface area (Å²) < 4.78 is 4.88. The molecule has 0 saturated carbocycles. The summed E-state index contributed by atoms with van der Waals surface area (Å²) in [6.07, 6.45) is 2.75. The third-order valence-electron chi connectivity index (χ3n) is 4.54. The fourth-order valence-electron chi connectivity index (χ4n) is 3.01. The molecule has 0 bridgehead atoms. The Kier molecular flexibility index (Phi) is 9.02. The van der Waals surface area contributed by atoms with E-state index in [2.05, 4.69) is 36.5 Å². The lowest BCUT2D eigenvalue weighted by Gasteiger charge is -2.17. The summed E-state index contributed by atoms with van der Waals surface area (Å²) in [5, 5.41) is 3.79. The molecule has 0 heterocycles. The Balaban J connectivity index is 1.85. The average molecular weight is 402 g/mol. The number of hydrogen-bond acceptors (Lipinski definition) is 3. The molecule has 0 aliphatic rings. The summed E-state index contributed by atoms with van der Waals surface area (Å²) in [5.74, 6) is -0.270. The lowest BCUT2D eigenvalue weighted by molar-refractivity contribution is -0.143. The van der Waals surface area contributed by atoms with Crippen LogP contribution in [0, 0.1) is 0 Å². The van der Waals surface area contributed by atoms with E-state index in [0.717, 1.165) is 29.0 Å². The highest BCUT2D eigenvalue weighted by molar-refractivity contribution is 6.30. The largest absolute Gasteiger partial charge is 0.466 e. The van der Waals surface area contributed by atoms with Crippen molar-refractivity contribution in [2.75, 3.05) is 6.61 Å². The van der Waals surface area contributed by atoms with Crippen molar-refractivity contribution in [2.45, 2.75) is 52.0 Å². The highest BCUT2D eigenvalue weighted by atomic mass is 35.5. The molecule has 0 aliphatic carbocycles. The van der Waals surface area contributed by atoms with Gasteiger partial charge in [-0.05, 0) is 55.0 Å². The Morgan fingerprint density at radius 2 is 1.79 bits per heavy atom. The molecule has 1 atom stereocenters. The van der Waals surface area contributed by atoms with E-state index in [1.807, 2.05) is 24.3 Å². The summed E-state index contributed by atoms with van der Waals surface area (Å²) in [4.78, 5) is 23.5. The lowest BCUT2D eigenvalue weighted by atomic mass is 9.99. The van der Waals surface area contributed by atoms with Gasteiger partial charge in [-0.2, -0.15) is 0 Å². The second-order valence-electron chi connectivity index (χ2n) is 6.74. The molecule has 0 spiro atoms. The summed E-state index contributed by atoms with van der Waals surface area (Å²) in [6.45, 7) is 4.21. The second kappa shape index (κ2) is 11.5. The molecule has 0 aliphatic heterocycles. The minimum absolute atomic E-state index is 0.0216. The summed E-state index contributed by atoms with van der Waals surface area (Å²) in [5.41, 5.74) is 3.37. The number of carbonyl (C=O) groups excluding carboxylic acids is 2. The topological polar surface area (TPSA) is 55.4 Å². The fourth-order valence-corrected chi connectivity index (χ4v) is 3.20. The minimum Gasteiger partial charge on any atom is -0.466 e. The predicted molar refractivity (Wildman–Crippen MR) is 113 cm³/mol. The van der Waals surface area contributed by atoms with Crippen molar-refractivity contribution >= 4 is 23.5 Å². The van der Waals surface area contributed by atoms with Crippen LogP contribution in [0.1, 0.15) is 45.1 Å². The third kappa shape index (κ3) is 7.35. The van der Waals surface area contributed by atoms with Gasteiger partial charge in [-0.1, -0.05) is 54.9 Å². The molecule has 2 aromatic carbocycles. The van der Waals surface area contributed by atoms with Crippen LogP contribution in [-0.4, -0.2) is 24.5 Å². The number of hydrogen-bond donors (Lipinski definition) is 1. The molecule has 0 aromatic heterocycles. The molecule has 150 valence electrons. The van der Waals surface area contributed by atoms with Gasteiger partial charge in [0.15, 0.2) is 0 Å². The normalized spacial score (nSPS) is 11.7. The second-order valence-corrected chi connectivity index (χ2v) is 7.18. The predicted octanol–water partition coefficient (Wildman–Crippen LogP) is 5.18. The summed E-state index contributed by atoms with van der Waals surface area (Å²) in [7, 11) is 0. The van der Waals surface area contributed by atoms with Crippen LogP contribution in [0.15, 0.2) is 48.5 Å². The van der Waals surface area contributed by atoms with E-state index in [-0.39, 0.29) is 24.3 Å². The molecule has 5 heteroatoms. The zero-order valence-corrected chi connectivity index (χ0v) is 17.3. The van der Waals surface area contributed by atoms with Gasteiger partial charge in [0.25, 0.3) is 0 Å². The van der Waals surface area contributed by atoms with Gasteiger partial charge in [0.05, 0.1) is 6.61 Å². The van der Waals surface area contributed by atoms with Crippen LogP contribution < -0.4 is 5.32 Å². The van der Waals surface area contributed by atoms with Crippen LogP contribution in [0.25, 0.3) is 11.1 Å². The van der Waals surface area contributed by atoms with Gasteiger partial charge >= 0.3 is 5.97 Å². The molecule has 2 rings (SSSR count). The molecule has 1 amide bonds. The van der Waals surface area contributed by atoms with Gasteiger partial charge in [0, 0.05) is 23.9 Å². The summed E-state index contributed by atoms with van der Waals surface area (Å²) in [6, 6.07) is 16.2. The van der Waals surface area contributed by atoms with Crippen LogP contribution in [0.4, 0.5) is 0 Å². The van der Waals surface area contributed by atoms with Crippen LogP contribution in [0.5, 0.6) is 0 Å². The molecule has 1 N–H and O–H groups in total. The standard InChI is InChI=1S/C23H28ClNO3/c1-3-21(25-22(26)9-6-10-23(27)28-4-2)15-17-11-13-18(14-12-17)19-7-5-8-20(24)16-19/h5,7-8,11-14,16,21H,3-4,6,9-10,15H2,1-2H3,(H,25,26)/t21-/m1/s1. The van der Waals surface area contributed by atoms with Gasteiger partial charge < -0.3 is 10.1 Å². The fraction of sp³-hybridized carbons (Fsp3) is 0.391. The molecule has 0 radical (unpaired) electrons. The first-order chi connectivity index (χ1) is 13.5. The van der Waals surface area contributed by atoms with Crippen LogP contribution in [0.2, 0.25) is 5.02 Å². The molecule has 0 saturated heterocycles. The maximum Gasteiger partial charge on any atom is 0.305 e. The van der Waals surface area contributed by atoms with E-state index in [1.165, 1.54) is 5.56 Å². The first kappa shape index (κ1) is 22.0.